The van der Waals surface area contributed by atoms with Gasteiger partial charge in [-0.15, -0.1) is 0 Å². The molecule has 1 saturated carbocycles. The van der Waals surface area contributed by atoms with Crippen LogP contribution in [0.4, 0.5) is 17.1 Å². The van der Waals surface area contributed by atoms with Crippen LogP contribution in [0.15, 0.2) is 121 Å². The standard InChI is InChI=1S/C45H49N/c1-45(2)43-22-16-15-21-41(43)42-32-31-40(33-44(42)45)46(38-19-13-10-14-20-38)39-29-27-37(28-30-39)36-25-23-35(24-26-36)34-17-11-8-6-4-3-5-7-9-12-18-34/h10,13-16,19-34H,3-9,11-12,17-18H2,1-2H3. The molecule has 0 radical (unpaired) electrons. The molecule has 0 heterocycles. The Labute approximate surface area is 277 Å². The summed E-state index contributed by atoms with van der Waals surface area (Å²) in [5.74, 6) is 0.709. The van der Waals surface area contributed by atoms with Crippen molar-refractivity contribution in [2.45, 2.75) is 95.8 Å². The summed E-state index contributed by atoms with van der Waals surface area (Å²) < 4.78 is 0. The number of anilines is 3. The second-order valence-electron chi connectivity index (χ2n) is 14.2. The van der Waals surface area contributed by atoms with Gasteiger partial charge >= 0.3 is 0 Å². The predicted molar refractivity (Wildman–Crippen MR) is 198 cm³/mol. The van der Waals surface area contributed by atoms with Crippen LogP contribution in [0, 0.1) is 0 Å². The van der Waals surface area contributed by atoms with E-state index in [0.717, 1.165) is 0 Å². The molecule has 0 spiro atoms. The zero-order chi connectivity index (χ0) is 31.3. The highest BCUT2D eigenvalue weighted by atomic mass is 15.1. The van der Waals surface area contributed by atoms with Gasteiger partial charge in [-0.25, -0.2) is 0 Å². The van der Waals surface area contributed by atoms with Gasteiger partial charge in [0, 0.05) is 22.5 Å². The van der Waals surface area contributed by atoms with E-state index in [-0.39, 0.29) is 5.41 Å². The van der Waals surface area contributed by atoms with E-state index >= 15 is 0 Å². The number of benzene rings is 5. The zero-order valence-corrected chi connectivity index (χ0v) is 27.8. The van der Waals surface area contributed by atoms with E-state index in [1.54, 1.807) is 0 Å². The molecule has 2 aliphatic carbocycles. The van der Waals surface area contributed by atoms with E-state index < -0.39 is 0 Å². The van der Waals surface area contributed by atoms with Gasteiger partial charge in [-0.05, 0) is 94.1 Å². The summed E-state index contributed by atoms with van der Waals surface area (Å²) in [6.07, 6.45) is 15.4. The zero-order valence-electron chi connectivity index (χ0n) is 27.8. The SMILES string of the molecule is CC1(C)c2ccccc2-c2ccc(N(c3ccccc3)c3ccc(-c4ccc(C5CCCCCCCCCCC5)cc4)cc3)cc21. The molecule has 0 amide bonds. The molecule has 5 aromatic carbocycles. The Bertz CT molecular complexity index is 1720. The van der Waals surface area contributed by atoms with Crippen LogP contribution in [-0.2, 0) is 5.41 Å². The van der Waals surface area contributed by atoms with Gasteiger partial charge in [0.15, 0.2) is 0 Å². The van der Waals surface area contributed by atoms with Crippen LogP contribution < -0.4 is 4.90 Å². The maximum absolute atomic E-state index is 2.42. The highest BCUT2D eigenvalue weighted by Gasteiger charge is 2.35. The number of para-hydroxylation sites is 1. The van der Waals surface area contributed by atoms with Gasteiger partial charge in [0.1, 0.15) is 0 Å². The molecule has 7 rings (SSSR count). The first-order valence-corrected chi connectivity index (χ1v) is 17.9. The predicted octanol–water partition coefficient (Wildman–Crippen LogP) is 13.5. The summed E-state index contributed by atoms with van der Waals surface area (Å²) in [5, 5.41) is 0. The third-order valence-electron chi connectivity index (χ3n) is 10.8. The minimum Gasteiger partial charge on any atom is -0.310 e. The molecule has 1 nitrogen and oxygen atoms in total. The summed E-state index contributed by atoms with van der Waals surface area (Å²) in [4.78, 5) is 2.40. The number of rotatable bonds is 5. The molecule has 0 aliphatic heterocycles. The summed E-state index contributed by atoms with van der Waals surface area (Å²) >= 11 is 0. The average Bonchev–Trinajstić information content (AvgIpc) is 3.32. The van der Waals surface area contributed by atoms with Crippen molar-refractivity contribution in [3.63, 3.8) is 0 Å². The Hall–Kier alpha value is -4.10. The molecule has 1 fully saturated rings. The lowest BCUT2D eigenvalue weighted by Crippen LogP contribution is -2.16. The van der Waals surface area contributed by atoms with Crippen LogP contribution in [0.25, 0.3) is 22.3 Å². The fraction of sp³-hybridized carbons (Fsp3) is 0.333. The fourth-order valence-corrected chi connectivity index (χ4v) is 8.10. The van der Waals surface area contributed by atoms with Crippen molar-refractivity contribution in [3.8, 4) is 22.3 Å². The first-order chi connectivity index (χ1) is 22.6. The number of nitrogens with zero attached hydrogens (tertiary/aromatic N) is 1. The molecule has 2 aliphatic rings. The van der Waals surface area contributed by atoms with Crippen molar-refractivity contribution < 1.29 is 0 Å². The maximum atomic E-state index is 2.42. The van der Waals surface area contributed by atoms with Crippen LogP contribution in [0.3, 0.4) is 0 Å². The van der Waals surface area contributed by atoms with Gasteiger partial charge < -0.3 is 4.90 Å². The Morgan fingerprint density at radius 2 is 0.957 bits per heavy atom. The van der Waals surface area contributed by atoms with E-state index in [9.17, 15) is 0 Å². The lowest BCUT2D eigenvalue weighted by molar-refractivity contribution is 0.467. The van der Waals surface area contributed by atoms with E-state index in [2.05, 4.69) is 140 Å². The second kappa shape index (κ2) is 13.7. The molecule has 0 saturated heterocycles. The molecule has 46 heavy (non-hydrogen) atoms. The second-order valence-corrected chi connectivity index (χ2v) is 14.2. The molecule has 234 valence electrons. The van der Waals surface area contributed by atoms with Gasteiger partial charge in [-0.1, -0.05) is 157 Å². The van der Waals surface area contributed by atoms with E-state index in [0.29, 0.717) is 5.92 Å². The normalized spacial score (nSPS) is 16.9. The third-order valence-corrected chi connectivity index (χ3v) is 10.8. The van der Waals surface area contributed by atoms with Crippen LogP contribution >= 0.6 is 0 Å². The third kappa shape index (κ3) is 6.30. The lowest BCUT2D eigenvalue weighted by atomic mass is 9.82. The van der Waals surface area contributed by atoms with E-state index in [1.807, 2.05) is 0 Å². The van der Waals surface area contributed by atoms with Crippen LogP contribution in [0.5, 0.6) is 0 Å². The van der Waals surface area contributed by atoms with Gasteiger partial charge in [0.25, 0.3) is 0 Å². The summed E-state index contributed by atoms with van der Waals surface area (Å²) in [6.45, 7) is 4.72. The summed E-state index contributed by atoms with van der Waals surface area (Å²) in [6, 6.07) is 45.4. The van der Waals surface area contributed by atoms with Crippen LogP contribution in [-0.4, -0.2) is 0 Å². The van der Waals surface area contributed by atoms with Crippen molar-refractivity contribution in [3.05, 3.63) is 138 Å². The first kappa shape index (κ1) is 30.5. The Balaban J connectivity index is 1.15. The average molecular weight is 604 g/mol. The molecule has 0 unspecified atom stereocenters. The molecular formula is C45H49N. The quantitative estimate of drug-likeness (QED) is 0.193. The number of hydrogen-bond acceptors (Lipinski definition) is 1. The van der Waals surface area contributed by atoms with Gasteiger partial charge in [0.2, 0.25) is 0 Å². The van der Waals surface area contributed by atoms with Crippen LogP contribution in [0.1, 0.15) is 107 Å². The Morgan fingerprint density at radius 3 is 1.61 bits per heavy atom. The maximum Gasteiger partial charge on any atom is 0.0465 e. The topological polar surface area (TPSA) is 3.24 Å². The smallest absolute Gasteiger partial charge is 0.0465 e. The van der Waals surface area contributed by atoms with Crippen molar-refractivity contribution in [2.24, 2.45) is 0 Å². The van der Waals surface area contributed by atoms with Gasteiger partial charge in [-0.3, -0.25) is 0 Å². The number of hydrogen-bond donors (Lipinski definition) is 0. The summed E-state index contributed by atoms with van der Waals surface area (Å²) in [5.41, 5.74) is 13.1. The Morgan fingerprint density at radius 1 is 0.457 bits per heavy atom. The molecule has 0 aromatic heterocycles. The Kier molecular flexibility index (Phi) is 9.11. The van der Waals surface area contributed by atoms with Crippen molar-refractivity contribution >= 4 is 17.1 Å². The van der Waals surface area contributed by atoms with Gasteiger partial charge in [0.05, 0.1) is 0 Å². The molecule has 1 heteroatoms. The molecular weight excluding hydrogens is 555 g/mol. The minimum absolute atomic E-state index is 0.0342. The van der Waals surface area contributed by atoms with E-state index in [1.165, 1.54) is 127 Å². The highest BCUT2D eigenvalue weighted by Crippen LogP contribution is 2.50. The lowest BCUT2D eigenvalue weighted by Gasteiger charge is -2.28. The van der Waals surface area contributed by atoms with Crippen molar-refractivity contribution in [1.29, 1.82) is 0 Å². The largest absolute Gasteiger partial charge is 0.310 e. The monoisotopic (exact) mass is 603 g/mol. The molecule has 5 aromatic rings. The summed E-state index contributed by atoms with van der Waals surface area (Å²) in [7, 11) is 0. The molecule has 0 bridgehead atoms. The van der Waals surface area contributed by atoms with Crippen molar-refractivity contribution in [1.82, 2.24) is 0 Å². The number of fused-ring (bicyclic) bond motifs is 3. The van der Waals surface area contributed by atoms with Crippen LogP contribution in [0.2, 0.25) is 0 Å². The van der Waals surface area contributed by atoms with Gasteiger partial charge in [-0.2, -0.15) is 0 Å². The molecule has 0 N–H and O–H groups in total. The van der Waals surface area contributed by atoms with Crippen molar-refractivity contribution in [2.75, 3.05) is 4.90 Å². The molecule has 0 atom stereocenters. The fourth-order valence-electron chi connectivity index (χ4n) is 8.10. The minimum atomic E-state index is -0.0342. The first-order valence-electron chi connectivity index (χ1n) is 17.9. The highest BCUT2D eigenvalue weighted by molar-refractivity contribution is 5.85. The van der Waals surface area contributed by atoms with E-state index in [4.69, 9.17) is 0 Å².